The van der Waals surface area contributed by atoms with Crippen LogP contribution in [0.3, 0.4) is 0 Å². The Morgan fingerprint density at radius 1 is 1.23 bits per heavy atom. The molecule has 9 nitrogen and oxygen atoms in total. The predicted molar refractivity (Wildman–Crippen MR) is 130 cm³/mol. The highest BCUT2D eigenvalue weighted by molar-refractivity contribution is 5.79. The molecule has 0 aliphatic carbocycles. The number of aldehydes is 1. The van der Waals surface area contributed by atoms with Crippen LogP contribution in [0, 0.1) is 11.7 Å². The molecule has 2 amide bonds. The normalized spacial score (nSPS) is 15.8. The fourth-order valence-electron chi connectivity index (χ4n) is 4.52. The average molecular weight is 491 g/mol. The lowest BCUT2D eigenvalue weighted by molar-refractivity contribution is -0.121. The summed E-state index contributed by atoms with van der Waals surface area (Å²) >= 11 is 0. The second kappa shape index (κ2) is 10.6. The number of hydrogen-bond acceptors (Lipinski definition) is 5. The molecule has 1 atom stereocenters. The second-order valence-electron chi connectivity index (χ2n) is 10.2. The SMILES string of the molecule is CNC(=O)CCC(C=O)n1c(=O)n(C)c2cc(CC3CCN(C(=O)OC(C)(C)C)CC3)c(F)cc21. The van der Waals surface area contributed by atoms with Gasteiger partial charge in [0.05, 0.1) is 17.1 Å². The lowest BCUT2D eigenvalue weighted by Crippen LogP contribution is -2.42. The van der Waals surface area contributed by atoms with Gasteiger partial charge in [-0.2, -0.15) is 0 Å². The molecule has 0 radical (unpaired) electrons. The maximum absolute atomic E-state index is 15.2. The maximum atomic E-state index is 15.2. The number of piperidine rings is 1. The number of carbonyl (C=O) groups is 3. The first-order valence-electron chi connectivity index (χ1n) is 12.0. The number of ether oxygens (including phenoxy) is 1. The molecule has 1 aliphatic rings. The van der Waals surface area contributed by atoms with Gasteiger partial charge >= 0.3 is 11.8 Å². The number of amides is 2. The van der Waals surface area contributed by atoms with E-state index in [-0.39, 0.29) is 30.8 Å². The Kier molecular flexibility index (Phi) is 8.02. The van der Waals surface area contributed by atoms with Crippen LogP contribution in [0.1, 0.15) is 58.1 Å². The first-order chi connectivity index (χ1) is 16.4. The van der Waals surface area contributed by atoms with Crippen molar-refractivity contribution in [2.24, 2.45) is 13.0 Å². The van der Waals surface area contributed by atoms with Crippen LogP contribution in [0.5, 0.6) is 0 Å². The van der Waals surface area contributed by atoms with E-state index < -0.39 is 23.1 Å². The van der Waals surface area contributed by atoms with Gasteiger partial charge in [0.2, 0.25) is 5.91 Å². The Balaban J connectivity index is 1.77. The molecule has 192 valence electrons. The summed E-state index contributed by atoms with van der Waals surface area (Å²) in [6.45, 7) is 6.58. The van der Waals surface area contributed by atoms with Crippen LogP contribution < -0.4 is 11.0 Å². The smallest absolute Gasteiger partial charge is 0.410 e. The van der Waals surface area contributed by atoms with Crippen molar-refractivity contribution < 1.29 is 23.5 Å². The number of hydrogen-bond donors (Lipinski definition) is 1. The highest BCUT2D eigenvalue weighted by Gasteiger charge is 2.28. The van der Waals surface area contributed by atoms with Gasteiger partial charge < -0.3 is 19.7 Å². The molecule has 1 N–H and O–H groups in total. The molecule has 0 bridgehead atoms. The van der Waals surface area contributed by atoms with E-state index in [4.69, 9.17) is 4.74 Å². The monoisotopic (exact) mass is 490 g/mol. The van der Waals surface area contributed by atoms with Crippen LogP contribution in [-0.2, 0) is 27.8 Å². The van der Waals surface area contributed by atoms with Crippen LogP contribution in [0.15, 0.2) is 16.9 Å². The van der Waals surface area contributed by atoms with Gasteiger partial charge in [0.1, 0.15) is 17.7 Å². The van der Waals surface area contributed by atoms with Gasteiger partial charge in [0.15, 0.2) is 0 Å². The summed E-state index contributed by atoms with van der Waals surface area (Å²) in [6.07, 6.45) is 2.44. The van der Waals surface area contributed by atoms with E-state index in [0.717, 1.165) is 12.8 Å². The fraction of sp³-hybridized carbons (Fsp3) is 0.600. The number of aryl methyl sites for hydroxylation is 1. The van der Waals surface area contributed by atoms with Gasteiger partial charge in [-0.15, -0.1) is 0 Å². The molecule has 1 unspecified atom stereocenters. The van der Waals surface area contributed by atoms with E-state index in [1.807, 2.05) is 20.8 Å². The Morgan fingerprint density at radius 3 is 2.46 bits per heavy atom. The lowest BCUT2D eigenvalue weighted by atomic mass is 9.90. The second-order valence-corrected chi connectivity index (χ2v) is 10.2. The van der Waals surface area contributed by atoms with E-state index >= 15 is 4.39 Å². The number of nitrogens with one attached hydrogen (secondary N) is 1. The number of fused-ring (bicyclic) bond motifs is 1. The van der Waals surface area contributed by atoms with Crippen molar-refractivity contribution in [1.29, 1.82) is 0 Å². The molecule has 3 rings (SSSR count). The largest absolute Gasteiger partial charge is 0.444 e. The number of halogens is 1. The molecule has 0 spiro atoms. The predicted octanol–water partition coefficient (Wildman–Crippen LogP) is 2.93. The van der Waals surface area contributed by atoms with Crippen molar-refractivity contribution >= 4 is 29.3 Å². The molecule has 1 aliphatic heterocycles. The maximum Gasteiger partial charge on any atom is 0.410 e. The van der Waals surface area contributed by atoms with Crippen molar-refractivity contribution in [2.45, 2.75) is 64.5 Å². The number of benzene rings is 1. The van der Waals surface area contributed by atoms with Gasteiger partial charge in [-0.05, 0) is 64.0 Å². The summed E-state index contributed by atoms with van der Waals surface area (Å²) < 4.78 is 23.3. The molecule has 0 saturated carbocycles. The highest BCUT2D eigenvalue weighted by Crippen LogP contribution is 2.28. The number of aromatic nitrogens is 2. The first-order valence-corrected chi connectivity index (χ1v) is 12.0. The minimum atomic E-state index is -0.870. The quantitative estimate of drug-likeness (QED) is 0.601. The van der Waals surface area contributed by atoms with Crippen LogP contribution in [-0.4, -0.2) is 58.1 Å². The lowest BCUT2D eigenvalue weighted by Gasteiger charge is -2.33. The zero-order valence-electron chi connectivity index (χ0n) is 21.1. The Morgan fingerprint density at radius 2 is 1.89 bits per heavy atom. The van der Waals surface area contributed by atoms with E-state index in [9.17, 15) is 19.2 Å². The Labute approximate surface area is 204 Å². The minimum absolute atomic E-state index is 0.0747. The summed E-state index contributed by atoms with van der Waals surface area (Å²) in [6, 6.07) is 2.10. The number of carbonyl (C=O) groups excluding carboxylic acids is 3. The zero-order valence-corrected chi connectivity index (χ0v) is 21.1. The van der Waals surface area contributed by atoms with Gasteiger partial charge in [-0.3, -0.25) is 13.9 Å². The average Bonchev–Trinajstić information content (AvgIpc) is 3.03. The van der Waals surface area contributed by atoms with Crippen LogP contribution in [0.2, 0.25) is 0 Å². The number of imidazole rings is 1. The molecule has 1 aromatic heterocycles. The molecule has 1 aromatic carbocycles. The fourth-order valence-corrected chi connectivity index (χ4v) is 4.52. The summed E-state index contributed by atoms with van der Waals surface area (Å²) in [4.78, 5) is 50.2. The Bertz CT molecular complexity index is 1160. The summed E-state index contributed by atoms with van der Waals surface area (Å²) in [5, 5.41) is 2.49. The van der Waals surface area contributed by atoms with Gasteiger partial charge in [0.25, 0.3) is 0 Å². The molecule has 2 aromatic rings. The zero-order chi connectivity index (χ0) is 25.9. The summed E-state index contributed by atoms with van der Waals surface area (Å²) in [5.41, 5.74) is 0.367. The van der Waals surface area contributed by atoms with Crippen molar-refractivity contribution in [2.75, 3.05) is 20.1 Å². The molecule has 1 fully saturated rings. The highest BCUT2D eigenvalue weighted by atomic mass is 19.1. The number of likely N-dealkylation sites (tertiary alicyclic amines) is 1. The van der Waals surface area contributed by atoms with Crippen molar-refractivity contribution in [3.05, 3.63) is 34.0 Å². The first kappa shape index (κ1) is 26.4. The standard InChI is InChI=1S/C25H35FN4O5/c1-25(2,3)35-24(34)29-10-8-16(9-11-29)12-17-13-20-21(14-19(17)26)30(23(33)28(20)5)18(15-31)6-7-22(32)27-4/h13-16,18H,6-12H2,1-5H3,(H,27,32). The Hall–Kier alpha value is -3.17. The van der Waals surface area contributed by atoms with Gasteiger partial charge in [0, 0.05) is 39.7 Å². The van der Waals surface area contributed by atoms with E-state index in [1.165, 1.54) is 22.2 Å². The number of nitrogens with zero attached hydrogens (tertiary/aromatic N) is 3. The third kappa shape index (κ3) is 6.10. The molecule has 1 saturated heterocycles. The molecule has 35 heavy (non-hydrogen) atoms. The molecule has 10 heteroatoms. The van der Waals surface area contributed by atoms with Crippen molar-refractivity contribution in [3.63, 3.8) is 0 Å². The summed E-state index contributed by atoms with van der Waals surface area (Å²) in [7, 11) is 3.09. The van der Waals surface area contributed by atoms with E-state index in [1.54, 1.807) is 18.0 Å². The molecular formula is C25H35FN4O5. The third-order valence-corrected chi connectivity index (χ3v) is 6.47. The van der Waals surface area contributed by atoms with Crippen LogP contribution in [0.4, 0.5) is 9.18 Å². The topological polar surface area (TPSA) is 103 Å². The molecular weight excluding hydrogens is 455 g/mol. The van der Waals surface area contributed by atoms with E-state index in [2.05, 4.69) is 5.32 Å². The van der Waals surface area contributed by atoms with Crippen LogP contribution >= 0.6 is 0 Å². The molecule has 2 heterocycles. The minimum Gasteiger partial charge on any atom is -0.444 e. The van der Waals surface area contributed by atoms with E-state index in [0.29, 0.717) is 42.4 Å². The van der Waals surface area contributed by atoms with Gasteiger partial charge in [-0.1, -0.05) is 0 Å². The summed E-state index contributed by atoms with van der Waals surface area (Å²) in [5.74, 6) is -0.492. The number of rotatable bonds is 7. The van der Waals surface area contributed by atoms with Crippen molar-refractivity contribution in [3.8, 4) is 0 Å². The van der Waals surface area contributed by atoms with Crippen LogP contribution in [0.25, 0.3) is 11.0 Å². The van der Waals surface area contributed by atoms with Crippen molar-refractivity contribution in [1.82, 2.24) is 19.4 Å². The van der Waals surface area contributed by atoms with Gasteiger partial charge in [-0.25, -0.2) is 14.0 Å². The third-order valence-electron chi connectivity index (χ3n) is 6.47.